The number of benzene rings is 4. The van der Waals surface area contributed by atoms with Crippen LogP contribution in [0.3, 0.4) is 0 Å². The van der Waals surface area contributed by atoms with Crippen LogP contribution in [0.4, 0.5) is 9.59 Å². The van der Waals surface area contributed by atoms with E-state index in [4.69, 9.17) is 0 Å². The molecule has 0 aliphatic heterocycles. The lowest BCUT2D eigenvalue weighted by Gasteiger charge is -2.44. The number of unbranched alkanes of at least 4 members (excludes halogenated alkanes) is 5. The summed E-state index contributed by atoms with van der Waals surface area (Å²) in [5, 5.41) is 31.6. The Hall–Kier alpha value is -5.32. The number of carbonyl (C=O) groups excluding carboxylic acids is 2. The summed E-state index contributed by atoms with van der Waals surface area (Å²) in [6.07, 6.45) is 6.24. The van der Waals surface area contributed by atoms with Crippen LogP contribution in [0.5, 0.6) is 0 Å². The van der Waals surface area contributed by atoms with Gasteiger partial charge in [-0.2, -0.15) is 0 Å². The molecular weight excluding hydrogens is 681 g/mol. The third kappa shape index (κ3) is 14.6. The van der Waals surface area contributed by atoms with Crippen LogP contribution in [-0.2, 0) is 35.3 Å². The monoisotopic (exact) mass is 734 g/mol. The highest BCUT2D eigenvalue weighted by atomic mass is 16.4. The van der Waals surface area contributed by atoms with Gasteiger partial charge in [-0.1, -0.05) is 153 Å². The molecule has 0 bridgehead atoms. The highest BCUT2D eigenvalue weighted by molar-refractivity contribution is 5.94. The van der Waals surface area contributed by atoms with E-state index in [-0.39, 0.29) is 24.8 Å². The SMILES string of the molecule is O=CC(Cc1ccccc1)NCCCCCCCCC(Cc1ccccc1)C(Cc1ccccc1)(NC(=O)O)NC(Cc1ccccc1)C(=O)NC(=O)O. The first-order valence-corrected chi connectivity index (χ1v) is 18.9. The molecule has 4 unspecified atom stereocenters. The summed E-state index contributed by atoms with van der Waals surface area (Å²) in [5.41, 5.74) is 2.47. The van der Waals surface area contributed by atoms with Crippen molar-refractivity contribution >= 4 is 24.4 Å². The maximum absolute atomic E-state index is 13.5. The van der Waals surface area contributed by atoms with E-state index in [9.17, 15) is 29.4 Å². The minimum atomic E-state index is -1.48. The molecule has 0 aliphatic carbocycles. The van der Waals surface area contributed by atoms with E-state index in [2.05, 4.69) is 16.0 Å². The van der Waals surface area contributed by atoms with Gasteiger partial charge in [0.2, 0.25) is 5.91 Å². The molecule has 4 rings (SSSR count). The molecule has 0 heterocycles. The van der Waals surface area contributed by atoms with Gasteiger partial charge in [-0.25, -0.2) is 9.59 Å². The highest BCUT2D eigenvalue weighted by Gasteiger charge is 2.43. The quantitative estimate of drug-likeness (QED) is 0.0251. The van der Waals surface area contributed by atoms with E-state index >= 15 is 0 Å². The number of nitrogens with one attached hydrogen (secondary N) is 4. The standard InChI is InChI=1S/C44H54N4O6/c49-33-39(30-35-21-11-6-12-22-35)45-28-18-4-2-1-3-17-27-38(29-34-19-9-5-10-20-34)44(48-43(53)54,32-37-25-15-8-16-26-37)47-40(41(50)46-42(51)52)31-36-23-13-7-14-24-36/h5-16,19-26,33,38-40,45,47-48H,1-4,17-18,27-32H2,(H,46,50)(H,51,52)(H,53,54). The van der Waals surface area contributed by atoms with E-state index in [1.165, 1.54) is 0 Å². The molecule has 54 heavy (non-hydrogen) atoms. The first-order chi connectivity index (χ1) is 26.3. The number of hydrogen-bond acceptors (Lipinski definition) is 6. The number of hydrogen-bond donors (Lipinski definition) is 6. The minimum absolute atomic E-state index is 0.143. The molecule has 3 amide bonds. The van der Waals surface area contributed by atoms with Gasteiger partial charge in [0.05, 0.1) is 12.1 Å². The second-order valence-electron chi connectivity index (χ2n) is 13.9. The Morgan fingerprint density at radius 3 is 1.59 bits per heavy atom. The van der Waals surface area contributed by atoms with Gasteiger partial charge in [0.25, 0.3) is 0 Å². The first-order valence-electron chi connectivity index (χ1n) is 18.9. The number of imide groups is 1. The Morgan fingerprint density at radius 2 is 1.07 bits per heavy atom. The normalized spacial score (nSPS) is 13.9. The van der Waals surface area contributed by atoms with Gasteiger partial charge in [-0.15, -0.1) is 0 Å². The summed E-state index contributed by atoms with van der Waals surface area (Å²) in [5.74, 6) is -1.08. The summed E-state index contributed by atoms with van der Waals surface area (Å²) in [7, 11) is 0. The number of aldehydes is 1. The van der Waals surface area contributed by atoms with Crippen molar-refractivity contribution in [3.63, 3.8) is 0 Å². The zero-order valence-corrected chi connectivity index (χ0v) is 30.9. The van der Waals surface area contributed by atoms with Gasteiger partial charge < -0.3 is 25.6 Å². The van der Waals surface area contributed by atoms with Crippen molar-refractivity contribution < 1.29 is 29.4 Å². The van der Waals surface area contributed by atoms with Gasteiger partial charge >= 0.3 is 12.2 Å². The second-order valence-corrected chi connectivity index (χ2v) is 13.9. The lowest BCUT2D eigenvalue weighted by Crippen LogP contribution is -2.69. The number of carboxylic acid groups (broad SMARTS) is 2. The van der Waals surface area contributed by atoms with Crippen molar-refractivity contribution in [2.45, 2.75) is 88.4 Å². The maximum atomic E-state index is 13.5. The lowest BCUT2D eigenvalue weighted by atomic mass is 9.78. The van der Waals surface area contributed by atoms with Crippen molar-refractivity contribution in [2.75, 3.05) is 6.54 Å². The van der Waals surface area contributed by atoms with Crippen LogP contribution >= 0.6 is 0 Å². The van der Waals surface area contributed by atoms with Crippen molar-refractivity contribution in [3.8, 4) is 0 Å². The summed E-state index contributed by atoms with van der Waals surface area (Å²) in [6.45, 7) is 0.767. The summed E-state index contributed by atoms with van der Waals surface area (Å²) >= 11 is 0. The Bertz CT molecular complexity index is 1690. The Labute approximate surface area is 318 Å². The maximum Gasteiger partial charge on any atom is 0.411 e. The van der Waals surface area contributed by atoms with Crippen LogP contribution in [0, 0.1) is 5.92 Å². The fourth-order valence-electron chi connectivity index (χ4n) is 7.13. The van der Waals surface area contributed by atoms with E-state index in [1.54, 1.807) is 0 Å². The molecule has 0 radical (unpaired) electrons. The average molecular weight is 735 g/mol. The first kappa shape index (κ1) is 41.4. The van der Waals surface area contributed by atoms with E-state index in [0.29, 0.717) is 19.3 Å². The second kappa shape index (κ2) is 22.7. The van der Waals surface area contributed by atoms with Gasteiger partial charge in [0.1, 0.15) is 11.9 Å². The van der Waals surface area contributed by atoms with Gasteiger partial charge in [-0.3, -0.25) is 15.4 Å². The molecule has 0 spiro atoms. The molecule has 6 N–H and O–H groups in total. The molecule has 0 aliphatic rings. The Balaban J connectivity index is 1.50. The molecule has 4 aromatic rings. The lowest BCUT2D eigenvalue weighted by molar-refractivity contribution is -0.123. The fraction of sp³-hybridized carbons (Fsp3) is 0.364. The zero-order valence-electron chi connectivity index (χ0n) is 30.9. The van der Waals surface area contributed by atoms with Crippen molar-refractivity contribution in [2.24, 2.45) is 5.92 Å². The summed E-state index contributed by atoms with van der Waals surface area (Å²) in [4.78, 5) is 49.6. The Morgan fingerprint density at radius 1 is 0.593 bits per heavy atom. The topological polar surface area (TPSA) is 157 Å². The fourth-order valence-corrected chi connectivity index (χ4v) is 7.13. The predicted octanol–water partition coefficient (Wildman–Crippen LogP) is 7.18. The molecule has 0 saturated heterocycles. The highest BCUT2D eigenvalue weighted by Crippen LogP contribution is 2.31. The third-order valence-corrected chi connectivity index (χ3v) is 9.79. The third-order valence-electron chi connectivity index (χ3n) is 9.79. The summed E-state index contributed by atoms with van der Waals surface area (Å²) < 4.78 is 0. The Kier molecular flexibility index (Phi) is 17.4. The average Bonchev–Trinajstić information content (AvgIpc) is 3.17. The largest absolute Gasteiger partial charge is 0.465 e. The van der Waals surface area contributed by atoms with Crippen molar-refractivity contribution in [3.05, 3.63) is 144 Å². The van der Waals surface area contributed by atoms with Crippen LogP contribution in [0.2, 0.25) is 0 Å². The van der Waals surface area contributed by atoms with Gasteiger partial charge in [-0.05, 0) is 66.8 Å². The van der Waals surface area contributed by atoms with Crippen molar-refractivity contribution in [1.29, 1.82) is 0 Å². The number of carbonyl (C=O) groups is 4. The van der Waals surface area contributed by atoms with Crippen LogP contribution in [0.1, 0.15) is 67.2 Å². The molecule has 0 saturated carbocycles. The molecule has 286 valence electrons. The molecule has 4 aromatic carbocycles. The molecular formula is C44H54N4O6. The molecule has 0 aromatic heterocycles. The van der Waals surface area contributed by atoms with E-state index in [0.717, 1.165) is 73.6 Å². The minimum Gasteiger partial charge on any atom is -0.465 e. The van der Waals surface area contributed by atoms with E-state index < -0.39 is 29.8 Å². The van der Waals surface area contributed by atoms with Gasteiger partial charge in [0.15, 0.2) is 0 Å². The smallest absolute Gasteiger partial charge is 0.411 e. The number of amides is 3. The van der Waals surface area contributed by atoms with Crippen LogP contribution in [0.25, 0.3) is 0 Å². The summed E-state index contributed by atoms with van der Waals surface area (Å²) in [6, 6.07) is 37.4. The zero-order chi connectivity index (χ0) is 38.4. The van der Waals surface area contributed by atoms with Crippen LogP contribution < -0.4 is 21.3 Å². The van der Waals surface area contributed by atoms with E-state index in [1.807, 2.05) is 127 Å². The molecule has 0 fully saturated rings. The van der Waals surface area contributed by atoms with Crippen LogP contribution in [0.15, 0.2) is 121 Å². The van der Waals surface area contributed by atoms with Gasteiger partial charge in [0, 0.05) is 6.42 Å². The van der Waals surface area contributed by atoms with Crippen molar-refractivity contribution in [1.82, 2.24) is 21.3 Å². The molecule has 10 nitrogen and oxygen atoms in total. The van der Waals surface area contributed by atoms with Crippen LogP contribution in [-0.4, -0.2) is 58.9 Å². The molecule has 4 atom stereocenters. The predicted molar refractivity (Wildman–Crippen MR) is 211 cm³/mol. The number of rotatable bonds is 24. The molecule has 10 heteroatoms.